The first-order chi connectivity index (χ1) is 19.4. The highest BCUT2D eigenvalue weighted by Gasteiger charge is 2.44. The zero-order valence-corrected chi connectivity index (χ0v) is 21.5. The lowest BCUT2D eigenvalue weighted by Gasteiger charge is -2.36. The van der Waals surface area contributed by atoms with Crippen LogP contribution in [0.4, 0.5) is 5.69 Å². The lowest BCUT2D eigenvalue weighted by atomic mass is 9.80. The summed E-state index contributed by atoms with van der Waals surface area (Å²) in [5.41, 5.74) is 4.13. The fraction of sp³-hybridized carbons (Fsp3) is 0.276. The van der Waals surface area contributed by atoms with Gasteiger partial charge in [-0.05, 0) is 55.5 Å². The summed E-state index contributed by atoms with van der Waals surface area (Å²) in [7, 11) is 0. The molecule has 1 saturated heterocycles. The van der Waals surface area contributed by atoms with E-state index in [1.54, 1.807) is 24.4 Å². The second-order valence-corrected chi connectivity index (χ2v) is 10.3. The maximum absolute atomic E-state index is 13.0. The average molecular weight is 538 g/mol. The van der Waals surface area contributed by atoms with Crippen molar-refractivity contribution in [2.24, 2.45) is 5.92 Å². The molecule has 0 bridgehead atoms. The fourth-order valence-corrected chi connectivity index (χ4v) is 5.38. The summed E-state index contributed by atoms with van der Waals surface area (Å²) in [4.78, 5) is 59.6. The van der Waals surface area contributed by atoms with E-state index in [1.165, 1.54) is 6.21 Å². The number of nitrogens with one attached hydrogen (secondary N) is 4. The standard InChI is InChI=1S/C29H27N7O4/c30-12-17(24-15-33-22-3-1-2-4-23(22)34-24)14-32-19-9-16(10-19)13-31-18-5-6-20-21(11-18)29(40)36(28(20)39)25-7-8-26(37)35-27(25)38/h1-6,11-12,14-16,19,25,30-32H,7-10,13H2,(H,35,37,38)/b17-14+,30-12?/t16-,19-,25?. The van der Waals surface area contributed by atoms with Gasteiger partial charge in [0, 0.05) is 42.7 Å². The number of nitrogens with zero attached hydrogens (tertiary/aromatic N) is 3. The Hall–Kier alpha value is -4.93. The molecule has 3 aromatic rings. The molecule has 4 amide bonds. The summed E-state index contributed by atoms with van der Waals surface area (Å²) in [6, 6.07) is 11.9. The highest BCUT2D eigenvalue weighted by atomic mass is 16.2. The third kappa shape index (κ3) is 4.70. The van der Waals surface area contributed by atoms with Gasteiger partial charge >= 0.3 is 0 Å². The van der Waals surface area contributed by atoms with Gasteiger partial charge in [-0.15, -0.1) is 0 Å². The maximum atomic E-state index is 13.0. The number of allylic oxidation sites excluding steroid dienone is 1. The molecule has 2 fully saturated rings. The summed E-state index contributed by atoms with van der Waals surface area (Å²) in [6.45, 7) is 0.702. The van der Waals surface area contributed by atoms with E-state index < -0.39 is 29.7 Å². The van der Waals surface area contributed by atoms with Crippen molar-refractivity contribution in [3.05, 3.63) is 71.7 Å². The van der Waals surface area contributed by atoms with Gasteiger partial charge in [0.15, 0.2) is 0 Å². The van der Waals surface area contributed by atoms with Crippen LogP contribution in [0.1, 0.15) is 52.1 Å². The first kappa shape index (κ1) is 25.4. The number of imide groups is 2. The van der Waals surface area contributed by atoms with E-state index in [2.05, 4.69) is 25.9 Å². The predicted molar refractivity (Wildman–Crippen MR) is 148 cm³/mol. The van der Waals surface area contributed by atoms with Crippen LogP contribution in [0.2, 0.25) is 0 Å². The number of carbonyl (C=O) groups is 4. The van der Waals surface area contributed by atoms with Crippen molar-refractivity contribution in [2.45, 2.75) is 37.8 Å². The van der Waals surface area contributed by atoms with Crippen molar-refractivity contribution in [1.82, 2.24) is 25.5 Å². The zero-order valence-electron chi connectivity index (χ0n) is 21.5. The molecule has 1 aromatic heterocycles. The van der Waals surface area contributed by atoms with Crippen molar-refractivity contribution >= 4 is 52.1 Å². The van der Waals surface area contributed by atoms with Crippen molar-refractivity contribution < 1.29 is 19.2 Å². The third-order valence-corrected chi connectivity index (χ3v) is 7.64. The van der Waals surface area contributed by atoms with Gasteiger partial charge in [0.05, 0.1) is 34.1 Å². The molecule has 1 atom stereocenters. The molecule has 11 nitrogen and oxygen atoms in total. The van der Waals surface area contributed by atoms with E-state index in [-0.39, 0.29) is 30.0 Å². The van der Waals surface area contributed by atoms with Crippen LogP contribution in [-0.2, 0) is 9.59 Å². The van der Waals surface area contributed by atoms with Crippen LogP contribution in [0, 0.1) is 11.3 Å². The lowest BCUT2D eigenvalue weighted by molar-refractivity contribution is -0.136. The highest BCUT2D eigenvalue weighted by Crippen LogP contribution is 2.31. The Morgan fingerprint density at radius 3 is 2.60 bits per heavy atom. The molecule has 1 saturated carbocycles. The highest BCUT2D eigenvalue weighted by molar-refractivity contribution is 6.23. The van der Waals surface area contributed by atoms with E-state index in [9.17, 15) is 19.2 Å². The van der Waals surface area contributed by atoms with Gasteiger partial charge in [0.25, 0.3) is 11.8 Å². The van der Waals surface area contributed by atoms with E-state index in [0.29, 0.717) is 23.7 Å². The van der Waals surface area contributed by atoms with E-state index in [4.69, 9.17) is 5.41 Å². The van der Waals surface area contributed by atoms with Crippen LogP contribution < -0.4 is 16.0 Å². The van der Waals surface area contributed by atoms with Gasteiger partial charge in [0.2, 0.25) is 11.8 Å². The number of carbonyl (C=O) groups excluding carboxylic acids is 4. The first-order valence-electron chi connectivity index (χ1n) is 13.2. The molecule has 2 aromatic carbocycles. The molecule has 11 heteroatoms. The monoisotopic (exact) mass is 537 g/mol. The molecule has 0 spiro atoms. The number of piperidine rings is 1. The Balaban J connectivity index is 1.03. The molecule has 0 radical (unpaired) electrons. The molecule has 202 valence electrons. The molecule has 40 heavy (non-hydrogen) atoms. The average Bonchev–Trinajstić information content (AvgIpc) is 3.18. The quantitative estimate of drug-likeness (QED) is 0.252. The van der Waals surface area contributed by atoms with Crippen LogP contribution >= 0.6 is 0 Å². The van der Waals surface area contributed by atoms with E-state index in [1.807, 2.05) is 30.5 Å². The normalized spacial score (nSPS) is 22.6. The molecule has 4 N–H and O–H groups in total. The Bertz CT molecular complexity index is 1590. The van der Waals surface area contributed by atoms with Crippen LogP contribution in [0.5, 0.6) is 0 Å². The van der Waals surface area contributed by atoms with Crippen LogP contribution in [0.3, 0.4) is 0 Å². The second-order valence-electron chi connectivity index (χ2n) is 10.3. The molecular formula is C29H27N7O4. The van der Waals surface area contributed by atoms with E-state index in [0.717, 1.165) is 34.5 Å². The number of aromatic nitrogens is 2. The Morgan fingerprint density at radius 1 is 1.05 bits per heavy atom. The largest absolute Gasteiger partial charge is 0.388 e. The Kier molecular flexibility index (Phi) is 6.54. The summed E-state index contributed by atoms with van der Waals surface area (Å²) in [6.07, 6.45) is 6.84. The number of benzene rings is 2. The van der Waals surface area contributed by atoms with Gasteiger partial charge < -0.3 is 16.0 Å². The van der Waals surface area contributed by atoms with Gasteiger partial charge in [0.1, 0.15) is 6.04 Å². The predicted octanol–water partition coefficient (Wildman–Crippen LogP) is 2.50. The van der Waals surface area contributed by atoms with Crippen LogP contribution in [0.15, 0.2) is 54.9 Å². The molecule has 3 heterocycles. The third-order valence-electron chi connectivity index (χ3n) is 7.64. The number of amides is 4. The SMILES string of the molecule is N=C/C(=C\N[C@H]1C[C@H](CNc2ccc3c(c2)C(=O)N(C2CCC(=O)NC2=O)C3=O)C1)c1cnc2ccccc2n1. The van der Waals surface area contributed by atoms with Crippen molar-refractivity contribution in [1.29, 1.82) is 5.41 Å². The molecule has 1 unspecified atom stereocenters. The summed E-state index contributed by atoms with van der Waals surface area (Å²) < 4.78 is 0. The first-order valence-corrected chi connectivity index (χ1v) is 13.2. The van der Waals surface area contributed by atoms with Gasteiger partial charge in [-0.25, -0.2) is 4.98 Å². The minimum Gasteiger partial charge on any atom is -0.388 e. The maximum Gasteiger partial charge on any atom is 0.262 e. The van der Waals surface area contributed by atoms with Gasteiger partial charge in [-0.1, -0.05) is 12.1 Å². The van der Waals surface area contributed by atoms with E-state index >= 15 is 0 Å². The zero-order chi connectivity index (χ0) is 27.8. The fourth-order valence-electron chi connectivity index (χ4n) is 5.38. The smallest absolute Gasteiger partial charge is 0.262 e. The molecule has 6 rings (SSSR count). The number of para-hydroxylation sites is 2. The van der Waals surface area contributed by atoms with Gasteiger partial charge in [-0.2, -0.15) is 0 Å². The molecular weight excluding hydrogens is 510 g/mol. The number of hydrogen-bond donors (Lipinski definition) is 4. The summed E-state index contributed by atoms with van der Waals surface area (Å²) in [5, 5.41) is 16.7. The number of rotatable bonds is 8. The van der Waals surface area contributed by atoms with Crippen LogP contribution in [0.25, 0.3) is 16.6 Å². The number of anilines is 1. The van der Waals surface area contributed by atoms with Gasteiger partial charge in [-0.3, -0.25) is 34.4 Å². The topological polar surface area (TPSA) is 157 Å². The van der Waals surface area contributed by atoms with Crippen LogP contribution in [-0.4, -0.2) is 63.3 Å². The summed E-state index contributed by atoms with van der Waals surface area (Å²) >= 11 is 0. The summed E-state index contributed by atoms with van der Waals surface area (Å²) in [5.74, 6) is -1.63. The van der Waals surface area contributed by atoms with Crippen molar-refractivity contribution in [3.8, 4) is 0 Å². The Labute approximate surface area is 229 Å². The lowest BCUT2D eigenvalue weighted by Crippen LogP contribution is -2.54. The second kappa shape index (κ2) is 10.3. The number of fused-ring (bicyclic) bond motifs is 2. The Morgan fingerprint density at radius 2 is 1.82 bits per heavy atom. The molecule has 1 aliphatic carbocycles. The molecule has 2 aliphatic heterocycles. The van der Waals surface area contributed by atoms with Crippen molar-refractivity contribution in [2.75, 3.05) is 11.9 Å². The molecule has 3 aliphatic rings. The van der Waals surface area contributed by atoms with Crippen molar-refractivity contribution in [3.63, 3.8) is 0 Å². The number of hydrogen-bond acceptors (Lipinski definition) is 9. The minimum atomic E-state index is -0.976. The minimum absolute atomic E-state index is 0.0872.